The number of nitrogens with zero attached hydrogens (tertiary/aromatic N) is 1. The number of benzene rings is 2. The molecule has 4 heteroatoms. The van der Waals surface area contributed by atoms with Crippen LogP contribution in [0.5, 0.6) is 0 Å². The van der Waals surface area contributed by atoms with Crippen LogP contribution < -0.4 is 0 Å². The van der Waals surface area contributed by atoms with Crippen molar-refractivity contribution in [3.05, 3.63) is 45.3 Å². The van der Waals surface area contributed by atoms with Gasteiger partial charge in [0.2, 0.25) is 0 Å². The summed E-state index contributed by atoms with van der Waals surface area (Å²) in [5.41, 5.74) is 2.34. The molecule has 1 aromatic heterocycles. The van der Waals surface area contributed by atoms with Crippen molar-refractivity contribution in [2.45, 2.75) is 19.9 Å². The van der Waals surface area contributed by atoms with Gasteiger partial charge in [0.25, 0.3) is 0 Å². The molecule has 0 unspecified atom stereocenters. The third-order valence-electron chi connectivity index (χ3n) is 3.48. The van der Waals surface area contributed by atoms with Crippen molar-refractivity contribution >= 4 is 59.4 Å². The highest BCUT2D eigenvalue weighted by Gasteiger charge is 2.11. The Morgan fingerprint density at radius 2 is 1.50 bits per heavy atom. The van der Waals surface area contributed by atoms with E-state index in [1.54, 1.807) is 6.92 Å². The first-order valence-corrected chi connectivity index (χ1v) is 8.01. The Balaban J connectivity index is 2.31. The van der Waals surface area contributed by atoms with Gasteiger partial charge in [-0.05, 0) is 43.3 Å². The van der Waals surface area contributed by atoms with Crippen LogP contribution in [0.25, 0.3) is 21.8 Å². The van der Waals surface area contributed by atoms with Crippen LogP contribution in [0.15, 0.2) is 45.3 Å². The molecular weight excluding hydrogens is 382 g/mol. The molecule has 0 N–H and O–H groups in total. The van der Waals surface area contributed by atoms with Crippen molar-refractivity contribution in [1.29, 1.82) is 0 Å². The van der Waals surface area contributed by atoms with Gasteiger partial charge in [-0.15, -0.1) is 0 Å². The fraction of sp³-hybridized carbons (Fsp3) is 0.188. The largest absolute Gasteiger partial charge is 0.340 e. The Morgan fingerprint density at radius 3 is 1.95 bits per heavy atom. The van der Waals surface area contributed by atoms with Gasteiger partial charge in [-0.3, -0.25) is 4.79 Å². The van der Waals surface area contributed by atoms with Crippen molar-refractivity contribution in [1.82, 2.24) is 4.57 Å². The molecule has 3 rings (SSSR count). The lowest BCUT2D eigenvalue weighted by Gasteiger charge is -2.05. The van der Waals surface area contributed by atoms with Gasteiger partial charge >= 0.3 is 0 Å². The highest BCUT2D eigenvalue weighted by Crippen LogP contribution is 2.33. The molecule has 0 atom stereocenters. The maximum Gasteiger partial charge on any atom is 0.131 e. The summed E-state index contributed by atoms with van der Waals surface area (Å²) in [4.78, 5) is 11.3. The van der Waals surface area contributed by atoms with E-state index in [9.17, 15) is 4.79 Å². The van der Waals surface area contributed by atoms with Gasteiger partial charge in [0.1, 0.15) is 5.78 Å². The standard InChI is InChI=1S/C16H13Br2NO/c1-10(20)6-7-19-15-4-2-11(17)8-13(15)14-9-12(18)3-5-16(14)19/h2-5,8-9H,6-7H2,1H3. The molecule has 2 nitrogen and oxygen atoms in total. The second-order valence-electron chi connectivity index (χ2n) is 4.93. The minimum atomic E-state index is 0.217. The summed E-state index contributed by atoms with van der Waals surface area (Å²) in [6.07, 6.45) is 0.561. The van der Waals surface area contributed by atoms with Gasteiger partial charge in [-0.1, -0.05) is 31.9 Å². The number of hydrogen-bond donors (Lipinski definition) is 0. The van der Waals surface area contributed by atoms with E-state index in [0.29, 0.717) is 6.42 Å². The molecule has 102 valence electrons. The van der Waals surface area contributed by atoms with E-state index in [2.05, 4.69) is 60.7 Å². The number of hydrogen-bond acceptors (Lipinski definition) is 1. The quantitative estimate of drug-likeness (QED) is 0.590. The Hall–Kier alpha value is -1.13. The Labute approximate surface area is 134 Å². The van der Waals surface area contributed by atoms with E-state index in [1.807, 2.05) is 12.1 Å². The fourth-order valence-corrected chi connectivity index (χ4v) is 3.28. The minimum Gasteiger partial charge on any atom is -0.340 e. The van der Waals surface area contributed by atoms with E-state index >= 15 is 0 Å². The van der Waals surface area contributed by atoms with Crippen LogP contribution in [0.4, 0.5) is 0 Å². The van der Waals surface area contributed by atoms with E-state index < -0.39 is 0 Å². The van der Waals surface area contributed by atoms with Gasteiger partial charge in [0, 0.05) is 43.7 Å². The van der Waals surface area contributed by atoms with Gasteiger partial charge in [0.05, 0.1) is 0 Å². The van der Waals surface area contributed by atoms with Crippen LogP contribution >= 0.6 is 31.9 Å². The summed E-state index contributed by atoms with van der Waals surface area (Å²) in [6, 6.07) is 12.6. The number of Topliss-reactive ketones (excluding diaryl/α,β-unsaturated/α-hetero) is 1. The smallest absolute Gasteiger partial charge is 0.131 e. The first-order valence-electron chi connectivity index (χ1n) is 6.43. The molecule has 2 aromatic carbocycles. The van der Waals surface area contributed by atoms with Crippen LogP contribution in [0.3, 0.4) is 0 Å². The summed E-state index contributed by atoms with van der Waals surface area (Å²) in [6.45, 7) is 2.36. The SMILES string of the molecule is CC(=O)CCn1c2ccc(Br)cc2c2cc(Br)ccc21. The van der Waals surface area contributed by atoms with Gasteiger partial charge in [0.15, 0.2) is 0 Å². The number of halogens is 2. The average molecular weight is 395 g/mol. The summed E-state index contributed by atoms with van der Waals surface area (Å²) < 4.78 is 4.36. The molecule has 0 aliphatic rings. The third kappa shape index (κ3) is 2.42. The number of ketones is 1. The molecule has 0 bridgehead atoms. The summed E-state index contributed by atoms with van der Waals surface area (Å²) in [5, 5.41) is 2.42. The van der Waals surface area contributed by atoms with E-state index in [1.165, 1.54) is 21.8 Å². The maximum absolute atomic E-state index is 11.3. The normalized spacial score (nSPS) is 11.3. The zero-order valence-electron chi connectivity index (χ0n) is 11.0. The van der Waals surface area contributed by atoms with Gasteiger partial charge < -0.3 is 4.57 Å². The van der Waals surface area contributed by atoms with Gasteiger partial charge in [-0.2, -0.15) is 0 Å². The molecule has 20 heavy (non-hydrogen) atoms. The lowest BCUT2D eigenvalue weighted by Crippen LogP contribution is -2.02. The van der Waals surface area contributed by atoms with Crippen molar-refractivity contribution in [3.8, 4) is 0 Å². The van der Waals surface area contributed by atoms with Crippen LogP contribution in [0.1, 0.15) is 13.3 Å². The van der Waals surface area contributed by atoms with Crippen molar-refractivity contribution < 1.29 is 4.79 Å². The van der Waals surface area contributed by atoms with Crippen LogP contribution in [0.2, 0.25) is 0 Å². The topological polar surface area (TPSA) is 22.0 Å². The van der Waals surface area contributed by atoms with E-state index in [-0.39, 0.29) is 5.78 Å². The summed E-state index contributed by atoms with van der Waals surface area (Å²) >= 11 is 7.07. The average Bonchev–Trinajstić information content (AvgIpc) is 2.69. The van der Waals surface area contributed by atoms with E-state index in [0.717, 1.165) is 15.5 Å². The summed E-state index contributed by atoms with van der Waals surface area (Å²) in [5.74, 6) is 0.217. The van der Waals surface area contributed by atoms with E-state index in [4.69, 9.17) is 0 Å². The molecule has 0 fully saturated rings. The molecular formula is C16H13Br2NO. The third-order valence-corrected chi connectivity index (χ3v) is 4.46. The molecule has 0 aliphatic heterocycles. The molecule has 0 saturated heterocycles. The second-order valence-corrected chi connectivity index (χ2v) is 6.76. The zero-order chi connectivity index (χ0) is 14.3. The lowest BCUT2D eigenvalue weighted by molar-refractivity contribution is -0.117. The van der Waals surface area contributed by atoms with Crippen LogP contribution in [-0.4, -0.2) is 10.4 Å². The number of aromatic nitrogens is 1. The zero-order valence-corrected chi connectivity index (χ0v) is 14.2. The highest BCUT2D eigenvalue weighted by molar-refractivity contribution is 9.10. The second kappa shape index (κ2) is 5.34. The number of rotatable bonds is 3. The molecule has 1 heterocycles. The minimum absolute atomic E-state index is 0.217. The molecule has 0 aliphatic carbocycles. The Morgan fingerprint density at radius 1 is 1.00 bits per heavy atom. The van der Waals surface area contributed by atoms with Gasteiger partial charge in [-0.25, -0.2) is 0 Å². The van der Waals surface area contributed by atoms with Crippen molar-refractivity contribution in [2.24, 2.45) is 0 Å². The molecule has 0 amide bonds. The number of fused-ring (bicyclic) bond motifs is 3. The summed E-state index contributed by atoms with van der Waals surface area (Å²) in [7, 11) is 0. The first-order chi connectivity index (χ1) is 9.56. The van der Waals surface area contributed by atoms with Crippen molar-refractivity contribution in [3.63, 3.8) is 0 Å². The highest BCUT2D eigenvalue weighted by atomic mass is 79.9. The van der Waals surface area contributed by atoms with Crippen LogP contribution in [-0.2, 0) is 11.3 Å². The fourth-order valence-electron chi connectivity index (χ4n) is 2.56. The predicted molar refractivity (Wildman–Crippen MR) is 90.1 cm³/mol. The van der Waals surface area contributed by atoms with Crippen LogP contribution in [0, 0.1) is 0 Å². The molecule has 0 spiro atoms. The maximum atomic E-state index is 11.3. The van der Waals surface area contributed by atoms with Crippen molar-refractivity contribution in [2.75, 3.05) is 0 Å². The molecule has 0 saturated carbocycles. The number of carbonyl (C=O) groups excluding carboxylic acids is 1. The number of aryl methyl sites for hydroxylation is 1. The first kappa shape index (κ1) is 13.8. The predicted octanol–water partition coefficient (Wildman–Crippen LogP) is 5.30. The molecule has 3 aromatic rings. The Bertz CT molecular complexity index is 761. The Kier molecular flexibility index (Phi) is 3.69. The monoisotopic (exact) mass is 393 g/mol. The number of carbonyl (C=O) groups is 1. The lowest BCUT2D eigenvalue weighted by atomic mass is 10.2. The molecule has 0 radical (unpaired) electrons.